The number of fused-ring (bicyclic) bond motifs is 2. The number of piperidine rings is 1. The molecule has 2 N–H and O–H groups in total. The molecule has 2 saturated heterocycles. The number of H-pyrrole nitrogens is 1. The van der Waals surface area contributed by atoms with Crippen molar-refractivity contribution in [2.24, 2.45) is 0 Å². The minimum atomic E-state index is -0.965. The molecule has 0 spiro atoms. The van der Waals surface area contributed by atoms with Crippen molar-refractivity contribution in [2.45, 2.75) is 69.6 Å². The van der Waals surface area contributed by atoms with Crippen molar-refractivity contribution in [2.75, 3.05) is 0 Å². The lowest BCUT2D eigenvalue weighted by Gasteiger charge is -2.42. The zero-order valence-electron chi connectivity index (χ0n) is 17.0. The lowest BCUT2D eigenvalue weighted by molar-refractivity contribution is -0.136. The van der Waals surface area contributed by atoms with E-state index in [1.807, 2.05) is 4.90 Å². The standard InChI is InChI=1S/C21H25Cl2N5O3/c22-14-6-13(7-15(23)8-14)12-27(21(30)31)19-9-17-4-5-18(10-19)28(17)20(29)3-1-2-16-11-24-26-25-16/h6-8,11,17-19H,1-5,9-10,12H2,(H,30,31)(H,24,25,26). The number of amides is 2. The monoisotopic (exact) mass is 465 g/mol. The third kappa shape index (κ3) is 5.13. The normalized spacial score (nSPS) is 22.5. The largest absolute Gasteiger partial charge is 0.465 e. The highest BCUT2D eigenvalue weighted by Crippen LogP contribution is 2.38. The van der Waals surface area contributed by atoms with Crippen LogP contribution in [0.1, 0.15) is 49.8 Å². The molecular formula is C21H25Cl2N5O3. The molecule has 2 atom stereocenters. The van der Waals surface area contributed by atoms with Crippen LogP contribution in [0, 0.1) is 0 Å². The molecule has 1 aromatic carbocycles. The van der Waals surface area contributed by atoms with Gasteiger partial charge in [0, 0.05) is 47.3 Å². The Labute approximate surface area is 190 Å². The molecule has 2 unspecified atom stereocenters. The number of carbonyl (C=O) groups is 2. The molecule has 2 aliphatic rings. The summed E-state index contributed by atoms with van der Waals surface area (Å²) < 4.78 is 0. The van der Waals surface area contributed by atoms with Gasteiger partial charge in [0.2, 0.25) is 5.91 Å². The fourth-order valence-electron chi connectivity index (χ4n) is 4.96. The molecule has 3 heterocycles. The maximum absolute atomic E-state index is 12.9. The lowest BCUT2D eigenvalue weighted by Crippen LogP contribution is -2.53. The van der Waals surface area contributed by atoms with Crippen LogP contribution in [0.25, 0.3) is 0 Å². The molecule has 4 rings (SSSR count). The Morgan fingerprint density at radius 1 is 1.16 bits per heavy atom. The quantitative estimate of drug-likeness (QED) is 0.639. The van der Waals surface area contributed by atoms with Crippen LogP contribution in [0.15, 0.2) is 24.4 Å². The van der Waals surface area contributed by atoms with Gasteiger partial charge in [-0.3, -0.25) is 9.89 Å². The number of hydrogen-bond donors (Lipinski definition) is 2. The van der Waals surface area contributed by atoms with Gasteiger partial charge >= 0.3 is 6.09 Å². The van der Waals surface area contributed by atoms with Crippen molar-refractivity contribution >= 4 is 35.2 Å². The van der Waals surface area contributed by atoms with Gasteiger partial charge in [0.05, 0.1) is 5.69 Å². The summed E-state index contributed by atoms with van der Waals surface area (Å²) >= 11 is 12.2. The average Bonchev–Trinajstić information content (AvgIpc) is 3.31. The van der Waals surface area contributed by atoms with E-state index in [1.54, 1.807) is 24.4 Å². The van der Waals surface area contributed by atoms with Crippen LogP contribution >= 0.6 is 23.2 Å². The SMILES string of the molecule is O=C(O)N(Cc1cc(Cl)cc(Cl)c1)C1CC2CCC(C1)N2C(=O)CCCc1c[nH]nn1. The predicted octanol–water partition coefficient (Wildman–Crippen LogP) is 4.14. The zero-order valence-corrected chi connectivity index (χ0v) is 18.5. The Hall–Kier alpha value is -2.32. The maximum atomic E-state index is 12.9. The van der Waals surface area contributed by atoms with Crippen molar-refractivity contribution < 1.29 is 14.7 Å². The number of carboxylic acid groups (broad SMARTS) is 1. The third-order valence-electron chi connectivity index (χ3n) is 6.25. The number of nitrogens with one attached hydrogen (secondary N) is 1. The molecule has 2 fully saturated rings. The van der Waals surface area contributed by atoms with Gasteiger partial charge in [0.25, 0.3) is 0 Å². The van der Waals surface area contributed by atoms with Crippen molar-refractivity contribution in [3.05, 3.63) is 45.7 Å². The van der Waals surface area contributed by atoms with Crippen LogP contribution in [0.5, 0.6) is 0 Å². The molecule has 10 heteroatoms. The summed E-state index contributed by atoms with van der Waals surface area (Å²) in [5.74, 6) is 0.151. The molecule has 2 amide bonds. The van der Waals surface area contributed by atoms with Crippen molar-refractivity contribution in [3.8, 4) is 0 Å². The molecule has 2 aliphatic heterocycles. The van der Waals surface area contributed by atoms with Crippen LogP contribution < -0.4 is 0 Å². The summed E-state index contributed by atoms with van der Waals surface area (Å²) in [4.78, 5) is 28.4. The van der Waals surface area contributed by atoms with Crippen molar-refractivity contribution in [1.82, 2.24) is 25.2 Å². The first-order valence-corrected chi connectivity index (χ1v) is 11.3. The topological polar surface area (TPSA) is 102 Å². The number of hydrogen-bond acceptors (Lipinski definition) is 4. The Morgan fingerprint density at radius 3 is 2.42 bits per heavy atom. The van der Waals surface area contributed by atoms with Gasteiger partial charge in [-0.25, -0.2) is 4.79 Å². The van der Waals surface area contributed by atoms with Crippen molar-refractivity contribution in [3.63, 3.8) is 0 Å². The fourth-order valence-corrected chi connectivity index (χ4v) is 5.53. The predicted molar refractivity (Wildman–Crippen MR) is 116 cm³/mol. The summed E-state index contributed by atoms with van der Waals surface area (Å²) in [6, 6.07) is 5.16. The number of nitrogens with zero attached hydrogens (tertiary/aromatic N) is 4. The second-order valence-electron chi connectivity index (χ2n) is 8.32. The van der Waals surface area contributed by atoms with E-state index in [4.69, 9.17) is 23.2 Å². The Bertz CT molecular complexity index is 905. The second kappa shape index (κ2) is 9.44. The minimum Gasteiger partial charge on any atom is -0.465 e. The van der Waals surface area contributed by atoms with Gasteiger partial charge < -0.3 is 14.9 Å². The zero-order chi connectivity index (χ0) is 22.0. The number of halogens is 2. The number of aryl methyl sites for hydroxylation is 1. The van der Waals surface area contributed by atoms with Crippen LogP contribution in [-0.2, 0) is 17.8 Å². The summed E-state index contributed by atoms with van der Waals surface area (Å²) in [5, 5.41) is 21.2. The third-order valence-corrected chi connectivity index (χ3v) is 6.69. The Morgan fingerprint density at radius 2 is 1.84 bits per heavy atom. The first-order valence-electron chi connectivity index (χ1n) is 10.5. The van der Waals surface area contributed by atoms with E-state index in [9.17, 15) is 14.7 Å². The smallest absolute Gasteiger partial charge is 0.407 e. The molecule has 2 aromatic rings. The summed E-state index contributed by atoms with van der Waals surface area (Å²) in [6.07, 6.45) is 5.84. The number of benzene rings is 1. The van der Waals surface area contributed by atoms with E-state index in [0.717, 1.165) is 30.5 Å². The van der Waals surface area contributed by atoms with Gasteiger partial charge in [0.15, 0.2) is 0 Å². The highest BCUT2D eigenvalue weighted by atomic mass is 35.5. The van der Waals surface area contributed by atoms with Crippen LogP contribution in [0.2, 0.25) is 10.0 Å². The molecule has 0 saturated carbocycles. The number of aromatic amines is 1. The van der Waals surface area contributed by atoms with Crippen LogP contribution in [-0.4, -0.2) is 60.4 Å². The summed E-state index contributed by atoms with van der Waals surface area (Å²) in [6.45, 7) is 0.228. The van der Waals surface area contributed by atoms with E-state index < -0.39 is 6.09 Å². The number of aromatic nitrogens is 3. The maximum Gasteiger partial charge on any atom is 0.407 e. The van der Waals surface area contributed by atoms with E-state index in [-0.39, 0.29) is 30.6 Å². The van der Waals surface area contributed by atoms with Crippen molar-refractivity contribution in [1.29, 1.82) is 0 Å². The van der Waals surface area contributed by atoms with E-state index in [0.29, 0.717) is 35.7 Å². The number of rotatable bonds is 7. The van der Waals surface area contributed by atoms with Crippen LogP contribution in [0.4, 0.5) is 4.79 Å². The van der Waals surface area contributed by atoms with Gasteiger partial charge in [-0.15, -0.1) is 5.10 Å². The first kappa shape index (κ1) is 21.9. The first-order chi connectivity index (χ1) is 14.9. The highest BCUT2D eigenvalue weighted by molar-refractivity contribution is 6.34. The van der Waals surface area contributed by atoms with Gasteiger partial charge in [-0.05, 0) is 62.3 Å². The van der Waals surface area contributed by atoms with Gasteiger partial charge in [0.1, 0.15) is 0 Å². The second-order valence-corrected chi connectivity index (χ2v) is 9.19. The minimum absolute atomic E-state index is 0.0908. The molecule has 0 radical (unpaired) electrons. The Kier molecular flexibility index (Phi) is 6.67. The van der Waals surface area contributed by atoms with E-state index in [2.05, 4.69) is 15.4 Å². The lowest BCUT2D eigenvalue weighted by atomic mass is 9.95. The number of carbonyl (C=O) groups excluding carboxylic acids is 1. The molecular weight excluding hydrogens is 441 g/mol. The summed E-state index contributed by atoms with van der Waals surface area (Å²) in [5.41, 5.74) is 1.62. The van der Waals surface area contributed by atoms with Gasteiger partial charge in [-0.2, -0.15) is 0 Å². The highest BCUT2D eigenvalue weighted by Gasteiger charge is 2.45. The molecule has 166 valence electrons. The van der Waals surface area contributed by atoms with E-state index >= 15 is 0 Å². The average molecular weight is 466 g/mol. The van der Waals surface area contributed by atoms with Gasteiger partial charge in [-0.1, -0.05) is 28.4 Å². The molecule has 8 nitrogen and oxygen atoms in total. The fraction of sp³-hybridized carbons (Fsp3) is 0.524. The Balaban J connectivity index is 1.38. The summed E-state index contributed by atoms with van der Waals surface area (Å²) in [7, 11) is 0. The van der Waals surface area contributed by atoms with Crippen LogP contribution in [0.3, 0.4) is 0 Å². The van der Waals surface area contributed by atoms with E-state index in [1.165, 1.54) is 4.90 Å². The molecule has 31 heavy (non-hydrogen) atoms. The molecule has 0 aliphatic carbocycles. The molecule has 2 bridgehead atoms. The molecule has 1 aromatic heterocycles.